The number of alkyl halides is 2. The molecule has 1 amide bonds. The first kappa shape index (κ1) is 20.4. The van der Waals surface area contributed by atoms with E-state index in [4.69, 9.17) is 9.15 Å². The van der Waals surface area contributed by atoms with Gasteiger partial charge in [0.05, 0.1) is 12.6 Å². The number of hydrogen-bond donors (Lipinski definition) is 1. The summed E-state index contributed by atoms with van der Waals surface area (Å²) in [5.41, 5.74) is 1.72. The van der Waals surface area contributed by atoms with E-state index in [1.165, 1.54) is 17.7 Å². The lowest BCUT2D eigenvalue weighted by Gasteiger charge is -2.14. The van der Waals surface area contributed by atoms with Gasteiger partial charge in [0.25, 0.3) is 0 Å². The number of oxazole rings is 1. The van der Waals surface area contributed by atoms with E-state index in [1.54, 1.807) is 43.3 Å². The number of halogens is 2. The number of nitrogens with one attached hydrogen (secondary N) is 1. The van der Waals surface area contributed by atoms with Crippen LogP contribution in [0.25, 0.3) is 11.1 Å². The second-order valence-corrected chi connectivity index (χ2v) is 6.29. The van der Waals surface area contributed by atoms with Crippen molar-refractivity contribution in [2.45, 2.75) is 26.0 Å². The Bertz CT molecular complexity index is 1060. The monoisotopic (exact) mass is 406 g/mol. The number of benzene rings is 2. The van der Waals surface area contributed by atoms with E-state index < -0.39 is 18.4 Å². The van der Waals surface area contributed by atoms with E-state index in [9.17, 15) is 18.4 Å². The van der Waals surface area contributed by atoms with Gasteiger partial charge in [-0.25, -0.2) is 4.79 Å². The van der Waals surface area contributed by atoms with Crippen molar-refractivity contribution >= 4 is 17.0 Å². The smallest absolute Gasteiger partial charge is 0.420 e. The molecule has 0 aliphatic carbocycles. The second-order valence-electron chi connectivity index (χ2n) is 6.29. The molecular formula is C20H20F2N2O5. The fourth-order valence-corrected chi connectivity index (χ4v) is 3.01. The van der Waals surface area contributed by atoms with Crippen LogP contribution in [0.4, 0.5) is 8.78 Å². The first-order valence-corrected chi connectivity index (χ1v) is 8.90. The molecule has 1 aromatic heterocycles. The molecule has 3 rings (SSSR count). The molecule has 154 valence electrons. The Balaban J connectivity index is 1.63. The maximum absolute atomic E-state index is 12.5. The van der Waals surface area contributed by atoms with Crippen LogP contribution < -0.4 is 20.5 Å². The highest BCUT2D eigenvalue weighted by Gasteiger charge is 2.21. The Labute approximate surface area is 164 Å². The fraction of sp³-hybridized carbons (Fsp3) is 0.300. The summed E-state index contributed by atoms with van der Waals surface area (Å²) in [5.74, 6) is -0.828. The average molecular weight is 406 g/mol. The Morgan fingerprint density at radius 2 is 1.97 bits per heavy atom. The van der Waals surface area contributed by atoms with Gasteiger partial charge in [-0.3, -0.25) is 9.36 Å². The molecule has 7 nitrogen and oxygen atoms in total. The topological polar surface area (TPSA) is 82.7 Å². The first-order valence-electron chi connectivity index (χ1n) is 8.90. The number of carbonyl (C=O) groups is 1. The van der Waals surface area contributed by atoms with Gasteiger partial charge in [-0.1, -0.05) is 18.2 Å². The summed E-state index contributed by atoms with van der Waals surface area (Å²) in [6.07, 6.45) is 0.435. The van der Waals surface area contributed by atoms with Crippen molar-refractivity contribution in [3.8, 4) is 11.5 Å². The van der Waals surface area contributed by atoms with E-state index >= 15 is 0 Å². The van der Waals surface area contributed by atoms with Gasteiger partial charge in [0, 0.05) is 6.54 Å². The molecule has 1 unspecified atom stereocenters. The third kappa shape index (κ3) is 4.56. The standard InChI is InChI=1S/C20H20F2N2O5/c1-12(24-14-5-3-4-6-15(14)29-20(24)26)18(25)23-10-9-13-7-8-16(28-19(21)22)17(11-13)27-2/h3-8,11-12,19H,9-10H2,1-2H3,(H,23,25). The van der Waals surface area contributed by atoms with Gasteiger partial charge in [0.15, 0.2) is 17.1 Å². The van der Waals surface area contributed by atoms with E-state index in [0.717, 1.165) is 5.56 Å². The Morgan fingerprint density at radius 1 is 1.21 bits per heavy atom. The molecule has 0 bridgehead atoms. The van der Waals surface area contributed by atoms with Crippen LogP contribution in [0.15, 0.2) is 51.7 Å². The van der Waals surface area contributed by atoms with Gasteiger partial charge in [-0.05, 0) is 43.2 Å². The molecule has 2 aromatic carbocycles. The van der Waals surface area contributed by atoms with Crippen molar-refractivity contribution in [3.05, 3.63) is 58.6 Å². The summed E-state index contributed by atoms with van der Waals surface area (Å²) in [5, 5.41) is 2.76. The van der Waals surface area contributed by atoms with Crippen molar-refractivity contribution in [2.75, 3.05) is 13.7 Å². The summed E-state index contributed by atoms with van der Waals surface area (Å²) in [7, 11) is 1.36. The van der Waals surface area contributed by atoms with Gasteiger partial charge in [0.2, 0.25) is 5.91 Å². The molecule has 3 aromatic rings. The van der Waals surface area contributed by atoms with Gasteiger partial charge in [-0.15, -0.1) is 0 Å². The summed E-state index contributed by atoms with van der Waals surface area (Å²) < 4.78 is 40.7. The number of hydrogen-bond acceptors (Lipinski definition) is 5. The number of nitrogens with zero attached hydrogens (tertiary/aromatic N) is 1. The Kier molecular flexibility index (Phi) is 6.16. The number of fused-ring (bicyclic) bond motifs is 1. The number of amides is 1. The van der Waals surface area contributed by atoms with Crippen LogP contribution in [0.1, 0.15) is 18.5 Å². The summed E-state index contributed by atoms with van der Waals surface area (Å²) >= 11 is 0. The van der Waals surface area contributed by atoms with Crippen molar-refractivity contribution in [3.63, 3.8) is 0 Å². The molecule has 29 heavy (non-hydrogen) atoms. The predicted molar refractivity (Wildman–Crippen MR) is 102 cm³/mol. The lowest BCUT2D eigenvalue weighted by Crippen LogP contribution is -2.35. The number of aromatic nitrogens is 1. The summed E-state index contributed by atoms with van der Waals surface area (Å²) in [4.78, 5) is 24.6. The predicted octanol–water partition coefficient (Wildman–Crippen LogP) is 3.12. The molecule has 1 heterocycles. The molecule has 0 spiro atoms. The van der Waals surface area contributed by atoms with E-state index in [1.807, 2.05) is 0 Å². The average Bonchev–Trinajstić information content (AvgIpc) is 3.03. The number of para-hydroxylation sites is 2. The molecule has 0 aliphatic heterocycles. The highest BCUT2D eigenvalue weighted by atomic mass is 19.3. The third-order valence-corrected chi connectivity index (χ3v) is 4.44. The van der Waals surface area contributed by atoms with Crippen LogP contribution in [0.2, 0.25) is 0 Å². The molecule has 9 heteroatoms. The van der Waals surface area contributed by atoms with Crippen molar-refractivity contribution < 1.29 is 27.5 Å². The SMILES string of the molecule is COc1cc(CCNC(=O)C(C)n2c(=O)oc3ccccc32)ccc1OC(F)F. The van der Waals surface area contributed by atoms with E-state index in [-0.39, 0.29) is 24.0 Å². The second kappa shape index (κ2) is 8.76. The van der Waals surface area contributed by atoms with Gasteiger partial charge >= 0.3 is 12.4 Å². The number of ether oxygens (including phenoxy) is 2. The zero-order valence-electron chi connectivity index (χ0n) is 15.9. The lowest BCUT2D eigenvalue weighted by molar-refractivity contribution is -0.123. The highest BCUT2D eigenvalue weighted by Crippen LogP contribution is 2.29. The molecule has 0 radical (unpaired) electrons. The highest BCUT2D eigenvalue weighted by molar-refractivity contribution is 5.82. The van der Waals surface area contributed by atoms with Gasteiger partial charge in [0.1, 0.15) is 6.04 Å². The zero-order valence-corrected chi connectivity index (χ0v) is 15.9. The fourth-order valence-electron chi connectivity index (χ4n) is 3.01. The molecule has 0 aliphatic rings. The maximum atomic E-state index is 12.5. The minimum Gasteiger partial charge on any atom is -0.493 e. The number of rotatable bonds is 8. The minimum atomic E-state index is -2.95. The Morgan fingerprint density at radius 3 is 2.69 bits per heavy atom. The summed E-state index contributed by atoms with van der Waals surface area (Å²) in [6, 6.07) is 10.7. The van der Waals surface area contributed by atoms with Crippen molar-refractivity contribution in [2.24, 2.45) is 0 Å². The van der Waals surface area contributed by atoms with Crippen molar-refractivity contribution in [1.82, 2.24) is 9.88 Å². The number of methoxy groups -OCH3 is 1. The molecule has 0 saturated heterocycles. The van der Waals surface area contributed by atoms with Crippen LogP contribution in [0.3, 0.4) is 0 Å². The molecule has 0 saturated carbocycles. The third-order valence-electron chi connectivity index (χ3n) is 4.44. The van der Waals surface area contributed by atoms with E-state index in [2.05, 4.69) is 10.1 Å². The normalized spacial score (nSPS) is 12.2. The molecule has 1 N–H and O–H groups in total. The van der Waals surface area contributed by atoms with Gasteiger partial charge in [-0.2, -0.15) is 8.78 Å². The first-order chi connectivity index (χ1) is 13.9. The molecular weight excluding hydrogens is 386 g/mol. The largest absolute Gasteiger partial charge is 0.493 e. The van der Waals surface area contributed by atoms with Crippen LogP contribution in [-0.2, 0) is 11.2 Å². The molecule has 1 atom stereocenters. The lowest BCUT2D eigenvalue weighted by atomic mass is 10.1. The minimum absolute atomic E-state index is 0.0601. The maximum Gasteiger partial charge on any atom is 0.420 e. The Hall–Kier alpha value is -3.36. The van der Waals surface area contributed by atoms with Crippen LogP contribution in [-0.4, -0.2) is 30.7 Å². The number of carbonyl (C=O) groups excluding carboxylic acids is 1. The quantitative estimate of drug-likeness (QED) is 0.622. The summed E-state index contributed by atoms with van der Waals surface area (Å²) in [6.45, 7) is -1.05. The molecule has 0 fully saturated rings. The van der Waals surface area contributed by atoms with Gasteiger partial charge < -0.3 is 19.2 Å². The zero-order chi connectivity index (χ0) is 21.0. The van der Waals surface area contributed by atoms with Crippen LogP contribution in [0.5, 0.6) is 11.5 Å². The van der Waals surface area contributed by atoms with Crippen molar-refractivity contribution in [1.29, 1.82) is 0 Å². The van der Waals surface area contributed by atoms with E-state index in [0.29, 0.717) is 17.5 Å². The van der Waals surface area contributed by atoms with Crippen LogP contribution >= 0.6 is 0 Å². The van der Waals surface area contributed by atoms with Crippen LogP contribution in [0, 0.1) is 0 Å².